The third-order valence-corrected chi connectivity index (χ3v) is 4.73. The van der Waals surface area contributed by atoms with E-state index in [4.69, 9.17) is 0 Å². The van der Waals surface area contributed by atoms with E-state index in [1.54, 1.807) is 4.31 Å². The van der Waals surface area contributed by atoms with Gasteiger partial charge in [-0.1, -0.05) is 6.92 Å². The maximum absolute atomic E-state index is 12.1. The van der Waals surface area contributed by atoms with E-state index in [0.717, 1.165) is 19.3 Å². The van der Waals surface area contributed by atoms with E-state index in [2.05, 4.69) is 9.97 Å². The molecular formula is C9H15N3O2S. The molecule has 1 aliphatic heterocycles. The molecule has 2 heterocycles. The zero-order chi connectivity index (χ0) is 10.9. The molecule has 1 fully saturated rings. The molecule has 15 heavy (non-hydrogen) atoms. The van der Waals surface area contributed by atoms with Gasteiger partial charge in [-0.3, -0.25) is 0 Å². The first-order chi connectivity index (χ1) is 7.16. The van der Waals surface area contributed by atoms with E-state index in [0.29, 0.717) is 6.54 Å². The molecule has 2 rings (SSSR count). The fourth-order valence-corrected chi connectivity index (χ4v) is 3.71. The second kappa shape index (κ2) is 3.94. The van der Waals surface area contributed by atoms with Crippen LogP contribution in [0.25, 0.3) is 0 Å². The van der Waals surface area contributed by atoms with E-state index in [1.165, 1.54) is 12.5 Å². The molecular weight excluding hydrogens is 214 g/mol. The summed E-state index contributed by atoms with van der Waals surface area (Å²) in [5.41, 5.74) is 0. The van der Waals surface area contributed by atoms with Gasteiger partial charge in [0.25, 0.3) is 10.0 Å². The molecule has 1 N–H and O–H groups in total. The number of hydrogen-bond acceptors (Lipinski definition) is 3. The molecule has 5 nitrogen and oxygen atoms in total. The average molecular weight is 229 g/mol. The summed E-state index contributed by atoms with van der Waals surface area (Å²) in [4.78, 5) is 6.41. The minimum atomic E-state index is -3.34. The van der Waals surface area contributed by atoms with Crippen LogP contribution in [0.1, 0.15) is 26.2 Å². The molecule has 1 aromatic rings. The lowest BCUT2D eigenvalue weighted by molar-refractivity contribution is 0.378. The zero-order valence-electron chi connectivity index (χ0n) is 8.68. The molecule has 6 heteroatoms. The summed E-state index contributed by atoms with van der Waals surface area (Å²) in [5.74, 6) is 0. The molecule has 0 aromatic carbocycles. The van der Waals surface area contributed by atoms with Gasteiger partial charge in [-0.2, -0.15) is 4.31 Å². The van der Waals surface area contributed by atoms with Crippen molar-refractivity contribution in [2.45, 2.75) is 37.3 Å². The summed E-state index contributed by atoms with van der Waals surface area (Å²) in [6, 6.07) is 0.151. The molecule has 1 unspecified atom stereocenters. The maximum Gasteiger partial charge on any atom is 0.260 e. The molecule has 1 saturated heterocycles. The molecule has 1 aromatic heterocycles. The molecule has 84 valence electrons. The Balaban J connectivity index is 2.30. The van der Waals surface area contributed by atoms with E-state index in [1.807, 2.05) is 6.92 Å². The summed E-state index contributed by atoms with van der Waals surface area (Å²) < 4.78 is 25.8. The van der Waals surface area contributed by atoms with Crippen molar-refractivity contribution in [3.05, 3.63) is 12.5 Å². The lowest BCUT2D eigenvalue weighted by Crippen LogP contribution is -2.35. The Hall–Kier alpha value is -0.880. The molecule has 0 spiro atoms. The molecule has 0 aliphatic carbocycles. The van der Waals surface area contributed by atoms with E-state index in [9.17, 15) is 8.42 Å². The van der Waals surface area contributed by atoms with Gasteiger partial charge in [-0.05, 0) is 19.3 Å². The number of hydrogen-bond donors (Lipinski definition) is 1. The minimum absolute atomic E-state index is 0.151. The standard InChI is InChI=1S/C9H15N3O2S/c1-2-8-4-3-5-12(8)15(13,14)9-6-10-7-11-9/h6-8H,2-5H2,1H3,(H,10,11). The van der Waals surface area contributed by atoms with Crippen molar-refractivity contribution in [2.75, 3.05) is 6.54 Å². The van der Waals surface area contributed by atoms with Crippen LogP contribution >= 0.6 is 0 Å². The highest BCUT2D eigenvalue weighted by atomic mass is 32.2. The van der Waals surface area contributed by atoms with Crippen LogP contribution in [-0.2, 0) is 10.0 Å². The van der Waals surface area contributed by atoms with E-state index < -0.39 is 10.0 Å². The molecule has 0 bridgehead atoms. The monoisotopic (exact) mass is 229 g/mol. The number of aromatic amines is 1. The predicted octanol–water partition coefficient (Wildman–Crippen LogP) is 0.973. The van der Waals surface area contributed by atoms with Crippen LogP contribution in [0.3, 0.4) is 0 Å². The SMILES string of the molecule is CCC1CCCN1S(=O)(=O)c1cnc[nH]1. The van der Waals surface area contributed by atoms with Gasteiger partial charge in [0, 0.05) is 12.6 Å². The summed E-state index contributed by atoms with van der Waals surface area (Å²) >= 11 is 0. The zero-order valence-corrected chi connectivity index (χ0v) is 9.50. The number of imidazole rings is 1. The Kier molecular flexibility index (Phi) is 2.79. The fraction of sp³-hybridized carbons (Fsp3) is 0.667. The number of sulfonamides is 1. The highest BCUT2D eigenvalue weighted by molar-refractivity contribution is 7.89. The second-order valence-corrected chi connectivity index (χ2v) is 5.59. The molecule has 0 radical (unpaired) electrons. The van der Waals surface area contributed by atoms with Crippen LogP contribution in [0, 0.1) is 0 Å². The normalized spacial score (nSPS) is 23.4. The Morgan fingerprint density at radius 2 is 2.47 bits per heavy atom. The Morgan fingerprint density at radius 1 is 1.67 bits per heavy atom. The van der Waals surface area contributed by atoms with Gasteiger partial charge in [0.2, 0.25) is 0 Å². The summed E-state index contributed by atoms with van der Waals surface area (Å²) in [6.45, 7) is 2.64. The van der Waals surface area contributed by atoms with Gasteiger partial charge < -0.3 is 4.98 Å². The Bertz CT molecular complexity index is 413. The number of nitrogens with one attached hydrogen (secondary N) is 1. The number of nitrogens with zero attached hydrogens (tertiary/aromatic N) is 2. The molecule has 1 atom stereocenters. The van der Waals surface area contributed by atoms with Gasteiger partial charge in [-0.15, -0.1) is 0 Å². The fourth-order valence-electron chi connectivity index (χ4n) is 2.04. The average Bonchev–Trinajstić information content (AvgIpc) is 2.89. The van der Waals surface area contributed by atoms with Crippen LogP contribution in [0.4, 0.5) is 0 Å². The largest absolute Gasteiger partial charge is 0.335 e. The van der Waals surface area contributed by atoms with Crippen molar-refractivity contribution in [2.24, 2.45) is 0 Å². The highest BCUT2D eigenvalue weighted by Gasteiger charge is 2.34. The molecule has 1 aliphatic rings. The number of aromatic nitrogens is 2. The number of H-pyrrole nitrogens is 1. The van der Waals surface area contributed by atoms with Gasteiger partial charge in [0.05, 0.1) is 12.5 Å². The summed E-state index contributed by atoms with van der Waals surface area (Å²) in [7, 11) is -3.34. The predicted molar refractivity (Wildman–Crippen MR) is 55.8 cm³/mol. The van der Waals surface area contributed by atoms with Crippen LogP contribution in [0.2, 0.25) is 0 Å². The van der Waals surface area contributed by atoms with Gasteiger partial charge >= 0.3 is 0 Å². The summed E-state index contributed by atoms with van der Waals surface area (Å²) in [5, 5.41) is 0.197. The third-order valence-electron chi connectivity index (χ3n) is 2.85. The van der Waals surface area contributed by atoms with Crippen LogP contribution in [-0.4, -0.2) is 35.3 Å². The third kappa shape index (κ3) is 1.79. The van der Waals surface area contributed by atoms with Crippen molar-refractivity contribution in [1.82, 2.24) is 14.3 Å². The first-order valence-electron chi connectivity index (χ1n) is 5.16. The quantitative estimate of drug-likeness (QED) is 0.840. The maximum atomic E-state index is 12.1. The Labute approximate surface area is 89.6 Å². The lowest BCUT2D eigenvalue weighted by Gasteiger charge is -2.21. The van der Waals surface area contributed by atoms with Crippen LogP contribution in [0.5, 0.6) is 0 Å². The lowest BCUT2D eigenvalue weighted by atomic mass is 10.2. The second-order valence-electron chi connectivity index (χ2n) is 3.74. The first-order valence-corrected chi connectivity index (χ1v) is 6.60. The van der Waals surface area contributed by atoms with Crippen molar-refractivity contribution < 1.29 is 8.42 Å². The van der Waals surface area contributed by atoms with Crippen LogP contribution < -0.4 is 0 Å². The first kappa shape index (κ1) is 10.6. The van der Waals surface area contributed by atoms with Crippen molar-refractivity contribution in [3.63, 3.8) is 0 Å². The topological polar surface area (TPSA) is 66.1 Å². The van der Waals surface area contributed by atoms with Crippen molar-refractivity contribution >= 4 is 10.0 Å². The molecule has 0 saturated carbocycles. The van der Waals surface area contributed by atoms with Gasteiger partial charge in [0.1, 0.15) is 0 Å². The van der Waals surface area contributed by atoms with Crippen molar-refractivity contribution in [3.8, 4) is 0 Å². The Morgan fingerprint density at radius 3 is 3.07 bits per heavy atom. The van der Waals surface area contributed by atoms with Gasteiger partial charge in [-0.25, -0.2) is 13.4 Å². The minimum Gasteiger partial charge on any atom is -0.335 e. The van der Waals surface area contributed by atoms with Gasteiger partial charge in [0.15, 0.2) is 5.03 Å². The summed E-state index contributed by atoms with van der Waals surface area (Å²) in [6.07, 6.45) is 5.54. The highest BCUT2D eigenvalue weighted by Crippen LogP contribution is 2.26. The van der Waals surface area contributed by atoms with E-state index >= 15 is 0 Å². The van der Waals surface area contributed by atoms with E-state index in [-0.39, 0.29) is 11.1 Å². The van der Waals surface area contributed by atoms with Crippen molar-refractivity contribution in [1.29, 1.82) is 0 Å². The number of rotatable bonds is 3. The van der Waals surface area contributed by atoms with Crippen LogP contribution in [0.15, 0.2) is 17.6 Å². The smallest absolute Gasteiger partial charge is 0.260 e. The molecule has 0 amide bonds.